The topological polar surface area (TPSA) is 55.9 Å². The summed E-state index contributed by atoms with van der Waals surface area (Å²) in [6.07, 6.45) is 3.35. The van der Waals surface area contributed by atoms with Crippen LogP contribution in [0.5, 0.6) is 0 Å². The van der Waals surface area contributed by atoms with E-state index in [2.05, 4.69) is 31.4 Å². The minimum absolute atomic E-state index is 0.600. The summed E-state index contributed by atoms with van der Waals surface area (Å²) in [6, 6.07) is 9.88. The van der Waals surface area contributed by atoms with E-state index in [1.807, 2.05) is 41.9 Å². The van der Waals surface area contributed by atoms with Crippen molar-refractivity contribution in [3.8, 4) is 11.4 Å². The summed E-state index contributed by atoms with van der Waals surface area (Å²) < 4.78 is 8.25. The molecule has 2 aromatic heterocycles. The predicted octanol–water partition coefficient (Wildman–Crippen LogP) is 3.45. The first-order chi connectivity index (χ1) is 9.75. The van der Waals surface area contributed by atoms with Crippen molar-refractivity contribution in [2.75, 3.05) is 5.32 Å². The Morgan fingerprint density at radius 3 is 2.85 bits per heavy atom. The maximum atomic E-state index is 5.40. The van der Waals surface area contributed by atoms with Crippen molar-refractivity contribution in [2.24, 2.45) is 7.05 Å². The fraction of sp³-hybridized carbons (Fsp3) is 0.143. The lowest BCUT2D eigenvalue weighted by molar-refractivity contribution is 0.516. The predicted molar refractivity (Wildman–Crippen MR) is 80.2 cm³/mol. The second-order valence-electron chi connectivity index (χ2n) is 4.36. The van der Waals surface area contributed by atoms with E-state index in [1.54, 1.807) is 12.6 Å². The minimum atomic E-state index is 0.600. The van der Waals surface area contributed by atoms with E-state index in [1.165, 1.54) is 0 Å². The molecule has 0 bridgehead atoms. The van der Waals surface area contributed by atoms with Crippen molar-refractivity contribution in [3.05, 3.63) is 53.2 Å². The van der Waals surface area contributed by atoms with Gasteiger partial charge in [0, 0.05) is 18.3 Å². The Morgan fingerprint density at radius 1 is 1.30 bits per heavy atom. The van der Waals surface area contributed by atoms with E-state index in [4.69, 9.17) is 4.42 Å². The number of aromatic nitrogens is 3. The Labute approximate surface area is 124 Å². The Hall–Kier alpha value is -2.08. The van der Waals surface area contributed by atoms with Gasteiger partial charge in [-0.15, -0.1) is 10.2 Å². The largest absolute Gasteiger partial charge is 0.466 e. The van der Waals surface area contributed by atoms with Crippen LogP contribution in [0.15, 0.2) is 51.8 Å². The van der Waals surface area contributed by atoms with Crippen LogP contribution in [0.25, 0.3) is 11.4 Å². The third-order valence-corrected chi connectivity index (χ3v) is 3.72. The first-order valence-corrected chi connectivity index (χ1v) is 6.94. The molecule has 0 fully saturated rings. The van der Waals surface area contributed by atoms with Crippen molar-refractivity contribution >= 4 is 21.6 Å². The van der Waals surface area contributed by atoms with E-state index < -0.39 is 0 Å². The quantitative estimate of drug-likeness (QED) is 0.795. The van der Waals surface area contributed by atoms with Crippen LogP contribution in [0.2, 0.25) is 0 Å². The van der Waals surface area contributed by atoms with Gasteiger partial charge >= 0.3 is 0 Å². The van der Waals surface area contributed by atoms with Crippen molar-refractivity contribution < 1.29 is 4.42 Å². The van der Waals surface area contributed by atoms with Crippen LogP contribution in [0.4, 0.5) is 5.69 Å². The maximum absolute atomic E-state index is 5.40. The number of nitrogens with zero attached hydrogens (tertiary/aromatic N) is 3. The molecule has 0 saturated heterocycles. The highest BCUT2D eigenvalue weighted by atomic mass is 79.9. The van der Waals surface area contributed by atoms with Crippen LogP contribution in [0, 0.1) is 0 Å². The van der Waals surface area contributed by atoms with Gasteiger partial charge in [0.15, 0.2) is 5.82 Å². The summed E-state index contributed by atoms with van der Waals surface area (Å²) in [6.45, 7) is 0.600. The molecule has 0 spiro atoms. The summed E-state index contributed by atoms with van der Waals surface area (Å²) in [4.78, 5) is 0. The van der Waals surface area contributed by atoms with Crippen molar-refractivity contribution in [1.82, 2.24) is 14.8 Å². The Morgan fingerprint density at radius 2 is 2.15 bits per heavy atom. The summed E-state index contributed by atoms with van der Waals surface area (Å²) in [7, 11) is 1.93. The monoisotopic (exact) mass is 332 g/mol. The van der Waals surface area contributed by atoms with Crippen LogP contribution in [-0.4, -0.2) is 14.8 Å². The van der Waals surface area contributed by atoms with E-state index in [0.29, 0.717) is 6.54 Å². The highest BCUT2D eigenvalue weighted by Gasteiger charge is 2.10. The first-order valence-electron chi connectivity index (χ1n) is 6.15. The number of aryl methyl sites for hydroxylation is 1. The molecule has 0 aliphatic heterocycles. The van der Waals surface area contributed by atoms with Gasteiger partial charge in [-0.1, -0.05) is 12.1 Å². The fourth-order valence-corrected chi connectivity index (χ4v) is 2.33. The first kappa shape index (κ1) is 12.9. The Balaban J connectivity index is 1.87. The molecule has 6 heteroatoms. The average Bonchev–Trinajstić information content (AvgIpc) is 3.06. The van der Waals surface area contributed by atoms with Gasteiger partial charge in [-0.25, -0.2) is 0 Å². The lowest BCUT2D eigenvalue weighted by atomic mass is 10.1. The zero-order valence-corrected chi connectivity index (χ0v) is 12.5. The molecule has 3 rings (SSSR count). The van der Waals surface area contributed by atoms with Crippen LogP contribution >= 0.6 is 15.9 Å². The number of halogens is 1. The molecule has 20 heavy (non-hydrogen) atoms. The molecule has 0 atom stereocenters. The molecule has 2 heterocycles. The van der Waals surface area contributed by atoms with E-state index in [-0.39, 0.29) is 0 Å². The standard InChI is InChI=1S/C14H13BrN4O/c1-19-9-17-18-14(19)10-4-2-3-5-12(10)16-8-13-11(15)6-7-20-13/h2-7,9,16H,8H2,1H3. The third kappa shape index (κ3) is 2.46. The lowest BCUT2D eigenvalue weighted by Crippen LogP contribution is -2.02. The van der Waals surface area contributed by atoms with Crippen LogP contribution < -0.4 is 5.32 Å². The Bertz CT molecular complexity index is 719. The average molecular weight is 333 g/mol. The van der Waals surface area contributed by atoms with Gasteiger partial charge in [-0.3, -0.25) is 0 Å². The molecule has 1 N–H and O–H groups in total. The summed E-state index contributed by atoms with van der Waals surface area (Å²) >= 11 is 3.45. The number of nitrogens with one attached hydrogen (secondary N) is 1. The lowest BCUT2D eigenvalue weighted by Gasteiger charge is -2.10. The number of rotatable bonds is 4. The smallest absolute Gasteiger partial charge is 0.165 e. The van der Waals surface area contributed by atoms with Gasteiger partial charge in [0.1, 0.15) is 12.1 Å². The van der Waals surface area contributed by atoms with Gasteiger partial charge in [-0.2, -0.15) is 0 Å². The molecule has 0 aliphatic carbocycles. The molecule has 0 amide bonds. The number of benzene rings is 1. The van der Waals surface area contributed by atoms with Gasteiger partial charge < -0.3 is 14.3 Å². The molecule has 3 aromatic rings. The van der Waals surface area contributed by atoms with Crippen LogP contribution in [-0.2, 0) is 13.6 Å². The summed E-state index contributed by atoms with van der Waals surface area (Å²) in [5.74, 6) is 1.68. The molecule has 0 saturated carbocycles. The number of hydrogen-bond acceptors (Lipinski definition) is 4. The normalized spacial score (nSPS) is 10.7. The number of hydrogen-bond donors (Lipinski definition) is 1. The highest BCUT2D eigenvalue weighted by molar-refractivity contribution is 9.10. The van der Waals surface area contributed by atoms with Crippen LogP contribution in [0.1, 0.15) is 5.76 Å². The zero-order chi connectivity index (χ0) is 13.9. The Kier molecular flexibility index (Phi) is 3.56. The summed E-state index contributed by atoms with van der Waals surface area (Å²) in [5.41, 5.74) is 2.00. The molecule has 102 valence electrons. The van der Waals surface area contributed by atoms with Crippen molar-refractivity contribution in [3.63, 3.8) is 0 Å². The SMILES string of the molecule is Cn1cnnc1-c1ccccc1NCc1occc1Br. The molecular formula is C14H13BrN4O. The molecule has 0 unspecified atom stereocenters. The van der Waals surface area contributed by atoms with Crippen molar-refractivity contribution in [2.45, 2.75) is 6.54 Å². The molecular weight excluding hydrogens is 320 g/mol. The van der Waals surface area contributed by atoms with Gasteiger partial charge in [-0.05, 0) is 34.1 Å². The van der Waals surface area contributed by atoms with Crippen LogP contribution in [0.3, 0.4) is 0 Å². The number of para-hydroxylation sites is 1. The fourth-order valence-electron chi connectivity index (χ4n) is 1.99. The minimum Gasteiger partial charge on any atom is -0.466 e. The molecule has 0 radical (unpaired) electrons. The second kappa shape index (κ2) is 5.50. The maximum Gasteiger partial charge on any atom is 0.165 e. The highest BCUT2D eigenvalue weighted by Crippen LogP contribution is 2.27. The van der Waals surface area contributed by atoms with E-state index >= 15 is 0 Å². The molecule has 1 aromatic carbocycles. The zero-order valence-electron chi connectivity index (χ0n) is 10.9. The van der Waals surface area contributed by atoms with Crippen molar-refractivity contribution in [1.29, 1.82) is 0 Å². The number of anilines is 1. The van der Waals surface area contributed by atoms with Gasteiger partial charge in [0.05, 0.1) is 17.3 Å². The third-order valence-electron chi connectivity index (χ3n) is 3.01. The van der Waals surface area contributed by atoms with Gasteiger partial charge in [0.25, 0.3) is 0 Å². The summed E-state index contributed by atoms with van der Waals surface area (Å²) in [5, 5.41) is 11.4. The second-order valence-corrected chi connectivity index (χ2v) is 5.21. The number of furan rings is 1. The molecule has 0 aliphatic rings. The van der Waals surface area contributed by atoms with E-state index in [9.17, 15) is 0 Å². The van der Waals surface area contributed by atoms with E-state index in [0.717, 1.165) is 27.3 Å². The van der Waals surface area contributed by atoms with Gasteiger partial charge in [0.2, 0.25) is 0 Å². The molecule has 5 nitrogen and oxygen atoms in total.